The molecule has 1 aromatic rings. The average molecular weight is 237 g/mol. The summed E-state index contributed by atoms with van der Waals surface area (Å²) in [6.45, 7) is 0.367. The van der Waals surface area contributed by atoms with Crippen LogP contribution in [0.1, 0.15) is 50.8 Å². The van der Waals surface area contributed by atoms with E-state index in [1.54, 1.807) is 0 Å². The van der Waals surface area contributed by atoms with E-state index in [9.17, 15) is 4.79 Å². The van der Waals surface area contributed by atoms with Crippen LogP contribution in [0.5, 0.6) is 0 Å². The Balaban J connectivity index is 1.77. The highest BCUT2D eigenvalue weighted by Crippen LogP contribution is 2.22. The largest absolute Gasteiger partial charge is 0.348 e. The van der Waals surface area contributed by atoms with E-state index in [0.717, 1.165) is 12.8 Å². The number of carbonyl (C=O) groups is 1. The predicted octanol–water partition coefficient (Wildman–Crippen LogP) is 1.18. The number of aromatic amines is 1. The minimum absolute atomic E-state index is 0.136. The highest BCUT2D eigenvalue weighted by molar-refractivity contribution is 5.78. The van der Waals surface area contributed by atoms with Gasteiger partial charge in [0.15, 0.2) is 5.82 Å². The Labute approximate surface area is 101 Å². The van der Waals surface area contributed by atoms with Crippen molar-refractivity contribution in [1.82, 2.24) is 25.9 Å². The summed E-state index contributed by atoms with van der Waals surface area (Å²) in [7, 11) is 0. The molecular weight excluding hydrogens is 218 g/mol. The summed E-state index contributed by atoms with van der Waals surface area (Å²) in [6, 6.07) is 0. The lowest BCUT2D eigenvalue weighted by Crippen LogP contribution is -2.31. The Morgan fingerprint density at radius 2 is 1.94 bits per heavy atom. The molecule has 0 aromatic carbocycles. The fourth-order valence-corrected chi connectivity index (χ4v) is 2.29. The zero-order valence-electron chi connectivity index (χ0n) is 9.98. The van der Waals surface area contributed by atoms with Crippen LogP contribution in [0.4, 0.5) is 0 Å². The monoisotopic (exact) mass is 237 g/mol. The zero-order chi connectivity index (χ0) is 11.9. The summed E-state index contributed by atoms with van der Waals surface area (Å²) in [5.41, 5.74) is 0. The lowest BCUT2D eigenvalue weighted by atomic mass is 9.90. The molecule has 1 aliphatic carbocycles. The van der Waals surface area contributed by atoms with E-state index in [0.29, 0.717) is 12.4 Å². The third-order valence-corrected chi connectivity index (χ3v) is 3.29. The van der Waals surface area contributed by atoms with Crippen LogP contribution in [-0.4, -0.2) is 26.5 Å². The van der Waals surface area contributed by atoms with Crippen molar-refractivity contribution in [3.8, 4) is 0 Å². The van der Waals surface area contributed by atoms with Crippen molar-refractivity contribution in [3.05, 3.63) is 5.82 Å². The molecule has 6 heteroatoms. The Bertz CT molecular complexity index is 330. The van der Waals surface area contributed by atoms with E-state index >= 15 is 0 Å². The second-order valence-corrected chi connectivity index (χ2v) is 4.59. The summed E-state index contributed by atoms with van der Waals surface area (Å²) < 4.78 is 0. The Hall–Kier alpha value is -1.46. The molecule has 0 bridgehead atoms. The third kappa shape index (κ3) is 3.80. The third-order valence-electron chi connectivity index (χ3n) is 3.29. The molecule has 0 atom stereocenters. The first kappa shape index (κ1) is 12.0. The second-order valence-electron chi connectivity index (χ2n) is 4.59. The van der Waals surface area contributed by atoms with Crippen LogP contribution in [0.2, 0.25) is 0 Å². The number of rotatable bonds is 3. The topological polar surface area (TPSA) is 83.6 Å². The van der Waals surface area contributed by atoms with Crippen LogP contribution in [0.3, 0.4) is 0 Å². The summed E-state index contributed by atoms with van der Waals surface area (Å²) >= 11 is 0. The molecule has 1 amide bonds. The normalized spacial score (nSPS) is 18.4. The predicted molar refractivity (Wildman–Crippen MR) is 61.8 cm³/mol. The van der Waals surface area contributed by atoms with Gasteiger partial charge >= 0.3 is 0 Å². The Morgan fingerprint density at radius 3 is 2.59 bits per heavy atom. The van der Waals surface area contributed by atoms with Gasteiger partial charge in [0.25, 0.3) is 0 Å². The molecule has 2 rings (SSSR count). The zero-order valence-corrected chi connectivity index (χ0v) is 9.98. The maximum absolute atomic E-state index is 12.0. The average Bonchev–Trinajstić information content (AvgIpc) is 2.78. The summed E-state index contributed by atoms with van der Waals surface area (Å²) in [6.07, 6.45) is 8.19. The van der Waals surface area contributed by atoms with Crippen LogP contribution in [0.25, 0.3) is 0 Å². The smallest absolute Gasteiger partial charge is 0.223 e. The van der Waals surface area contributed by atoms with E-state index in [-0.39, 0.29) is 11.8 Å². The van der Waals surface area contributed by atoms with Gasteiger partial charge in [-0.2, -0.15) is 5.21 Å². The molecule has 2 N–H and O–H groups in total. The molecule has 0 aliphatic heterocycles. The first-order valence-electron chi connectivity index (χ1n) is 6.36. The summed E-state index contributed by atoms with van der Waals surface area (Å²) in [5, 5.41) is 16.3. The van der Waals surface area contributed by atoms with Crippen molar-refractivity contribution >= 4 is 5.91 Å². The Morgan fingerprint density at radius 1 is 1.24 bits per heavy atom. The number of hydrogen-bond donors (Lipinski definition) is 2. The van der Waals surface area contributed by atoms with Crippen molar-refractivity contribution in [2.45, 2.75) is 51.5 Å². The second kappa shape index (κ2) is 6.32. The number of amides is 1. The maximum Gasteiger partial charge on any atom is 0.223 e. The van der Waals surface area contributed by atoms with E-state index < -0.39 is 0 Å². The molecule has 94 valence electrons. The van der Waals surface area contributed by atoms with Gasteiger partial charge in [0.1, 0.15) is 0 Å². The lowest BCUT2D eigenvalue weighted by molar-refractivity contribution is -0.125. The van der Waals surface area contributed by atoms with E-state index in [1.807, 2.05) is 0 Å². The molecule has 0 spiro atoms. The first-order valence-corrected chi connectivity index (χ1v) is 6.36. The van der Waals surface area contributed by atoms with Crippen molar-refractivity contribution in [3.63, 3.8) is 0 Å². The van der Waals surface area contributed by atoms with Gasteiger partial charge in [0.05, 0.1) is 6.54 Å². The van der Waals surface area contributed by atoms with Crippen LogP contribution in [0, 0.1) is 5.92 Å². The van der Waals surface area contributed by atoms with Gasteiger partial charge in [0, 0.05) is 5.92 Å². The fraction of sp³-hybridized carbons (Fsp3) is 0.818. The van der Waals surface area contributed by atoms with Gasteiger partial charge in [-0.1, -0.05) is 37.3 Å². The molecule has 1 aliphatic rings. The molecule has 0 unspecified atom stereocenters. The van der Waals surface area contributed by atoms with E-state index in [4.69, 9.17) is 0 Å². The first-order chi connectivity index (χ1) is 8.36. The van der Waals surface area contributed by atoms with Crippen molar-refractivity contribution in [2.24, 2.45) is 5.92 Å². The van der Waals surface area contributed by atoms with Gasteiger partial charge in [-0.25, -0.2) is 0 Å². The minimum atomic E-state index is 0.136. The molecule has 1 aromatic heterocycles. The summed E-state index contributed by atoms with van der Waals surface area (Å²) in [4.78, 5) is 12.0. The molecule has 0 saturated heterocycles. The van der Waals surface area contributed by atoms with Crippen LogP contribution in [-0.2, 0) is 11.3 Å². The van der Waals surface area contributed by atoms with Gasteiger partial charge in [-0.3, -0.25) is 4.79 Å². The SMILES string of the molecule is O=C(NCc1nn[nH]n1)C1CCCCCCC1. The molecule has 1 fully saturated rings. The van der Waals surface area contributed by atoms with Crippen molar-refractivity contribution in [1.29, 1.82) is 0 Å². The fourth-order valence-electron chi connectivity index (χ4n) is 2.29. The highest BCUT2D eigenvalue weighted by Gasteiger charge is 2.19. The van der Waals surface area contributed by atoms with Crippen molar-refractivity contribution < 1.29 is 4.79 Å². The van der Waals surface area contributed by atoms with Gasteiger partial charge in [-0.15, -0.1) is 10.2 Å². The Kier molecular flexibility index (Phi) is 4.46. The highest BCUT2D eigenvalue weighted by atomic mass is 16.1. The molecule has 17 heavy (non-hydrogen) atoms. The van der Waals surface area contributed by atoms with Crippen LogP contribution >= 0.6 is 0 Å². The number of nitrogens with zero attached hydrogens (tertiary/aromatic N) is 3. The van der Waals surface area contributed by atoms with Gasteiger partial charge in [-0.05, 0) is 12.8 Å². The van der Waals surface area contributed by atoms with Crippen LogP contribution < -0.4 is 5.32 Å². The quantitative estimate of drug-likeness (QED) is 0.826. The number of nitrogens with one attached hydrogen (secondary N) is 2. The van der Waals surface area contributed by atoms with Gasteiger partial charge in [0.2, 0.25) is 5.91 Å². The molecule has 6 nitrogen and oxygen atoms in total. The van der Waals surface area contributed by atoms with Crippen molar-refractivity contribution in [2.75, 3.05) is 0 Å². The molecule has 1 saturated carbocycles. The standard InChI is InChI=1S/C11H19N5O/c17-11(12-8-10-13-15-16-14-10)9-6-4-2-1-3-5-7-9/h9H,1-8H2,(H,12,17)(H,13,14,15,16). The maximum atomic E-state index is 12.0. The van der Waals surface area contributed by atoms with E-state index in [1.165, 1.54) is 32.1 Å². The summed E-state index contributed by atoms with van der Waals surface area (Å²) in [5.74, 6) is 0.836. The molecule has 0 radical (unpaired) electrons. The number of tetrazole rings is 1. The molecular formula is C11H19N5O. The minimum Gasteiger partial charge on any atom is -0.348 e. The number of aromatic nitrogens is 4. The lowest BCUT2D eigenvalue weighted by Gasteiger charge is -2.18. The van der Waals surface area contributed by atoms with Crippen LogP contribution in [0.15, 0.2) is 0 Å². The number of H-pyrrole nitrogens is 1. The molecule has 1 heterocycles. The van der Waals surface area contributed by atoms with E-state index in [2.05, 4.69) is 25.9 Å². The number of carbonyl (C=O) groups excluding carboxylic acids is 1. The number of hydrogen-bond acceptors (Lipinski definition) is 4. The van der Waals surface area contributed by atoms with Gasteiger partial charge < -0.3 is 5.32 Å².